The Morgan fingerprint density at radius 2 is 1.80 bits per heavy atom. The number of carbonyl (C=O) groups is 2. The van der Waals surface area contributed by atoms with Gasteiger partial charge in [-0.05, 0) is 92.7 Å². The van der Waals surface area contributed by atoms with Crippen LogP contribution in [0.5, 0.6) is 11.5 Å². The van der Waals surface area contributed by atoms with Crippen molar-refractivity contribution in [1.29, 1.82) is 0 Å². The standard InChI is InChI=1S/C31H39N6O6S/c1-4-33-31(41)24-13-20(44(42,43)28-11-19(7-10-34-28)30(40)18-5-8-32-9-6-18)12-23(29(24)25-16-35-37-36-25)22-14-21(17(2)3)26(38)15-27(22)39/h12-17,19,25,28,32,34,38-39H,4-11H2,1-3H3,(H,33,41). The monoisotopic (exact) mass is 623 g/mol. The van der Waals surface area contributed by atoms with Gasteiger partial charge in [-0.15, -0.1) is 5.10 Å². The summed E-state index contributed by atoms with van der Waals surface area (Å²) in [6, 6.07) is 4.75. The van der Waals surface area contributed by atoms with Gasteiger partial charge in [0.25, 0.3) is 5.91 Å². The fourth-order valence-corrected chi connectivity index (χ4v) is 7.89. The van der Waals surface area contributed by atoms with Crippen molar-refractivity contribution in [3.8, 4) is 22.6 Å². The van der Waals surface area contributed by atoms with E-state index in [1.165, 1.54) is 24.4 Å². The number of ketones is 1. The molecule has 1 radical (unpaired) electrons. The summed E-state index contributed by atoms with van der Waals surface area (Å²) < 4.78 is 28.6. The number of carbonyl (C=O) groups excluding carboxylic acids is 2. The normalized spacial score (nSPS) is 22.4. The van der Waals surface area contributed by atoms with Crippen LogP contribution in [-0.2, 0) is 14.6 Å². The molecule has 0 aromatic heterocycles. The van der Waals surface area contributed by atoms with Crippen LogP contribution in [0, 0.1) is 11.8 Å². The van der Waals surface area contributed by atoms with Crippen LogP contribution in [0.4, 0.5) is 0 Å². The van der Waals surface area contributed by atoms with Gasteiger partial charge >= 0.3 is 0 Å². The predicted octanol–water partition coefficient (Wildman–Crippen LogP) is 3.76. The fraction of sp³-hybridized carbons (Fsp3) is 0.484. The van der Waals surface area contributed by atoms with Crippen LogP contribution in [0.2, 0.25) is 0 Å². The summed E-state index contributed by atoms with van der Waals surface area (Å²) in [5.74, 6) is -0.579. The van der Waals surface area contributed by atoms with Gasteiger partial charge in [0.2, 0.25) is 0 Å². The van der Waals surface area contributed by atoms with E-state index in [2.05, 4.69) is 31.4 Å². The molecule has 0 aliphatic carbocycles. The van der Waals surface area contributed by atoms with E-state index in [9.17, 15) is 28.2 Å². The Labute approximate surface area is 257 Å². The van der Waals surface area contributed by atoms with Gasteiger partial charge in [0.15, 0.2) is 9.84 Å². The summed E-state index contributed by atoms with van der Waals surface area (Å²) >= 11 is 0. The van der Waals surface area contributed by atoms with Gasteiger partial charge in [0, 0.05) is 41.1 Å². The highest BCUT2D eigenvalue weighted by molar-refractivity contribution is 7.92. The minimum atomic E-state index is -4.13. The second kappa shape index (κ2) is 13.1. The Balaban J connectivity index is 1.65. The lowest BCUT2D eigenvalue weighted by Crippen LogP contribution is -2.46. The average molecular weight is 624 g/mol. The lowest BCUT2D eigenvalue weighted by Gasteiger charge is -2.32. The maximum absolute atomic E-state index is 14.3. The molecule has 0 spiro atoms. The first kappa shape index (κ1) is 31.7. The minimum Gasteiger partial charge on any atom is -0.508 e. The van der Waals surface area contributed by atoms with Crippen molar-refractivity contribution in [2.24, 2.45) is 21.4 Å². The van der Waals surface area contributed by atoms with Gasteiger partial charge in [-0.3, -0.25) is 9.59 Å². The van der Waals surface area contributed by atoms with Crippen LogP contribution >= 0.6 is 0 Å². The molecule has 2 aromatic carbocycles. The summed E-state index contributed by atoms with van der Waals surface area (Å²) in [5.41, 5.74) is 1.38. The summed E-state index contributed by atoms with van der Waals surface area (Å²) in [7, 11) is -4.13. The van der Waals surface area contributed by atoms with Crippen molar-refractivity contribution in [2.75, 3.05) is 26.2 Å². The van der Waals surface area contributed by atoms with Crippen molar-refractivity contribution in [3.63, 3.8) is 0 Å². The molecule has 3 unspecified atom stereocenters. The number of rotatable bonds is 9. The van der Waals surface area contributed by atoms with Crippen molar-refractivity contribution in [3.05, 3.63) is 46.9 Å². The smallest absolute Gasteiger partial charge is 0.251 e. The first-order chi connectivity index (χ1) is 21.0. The zero-order chi connectivity index (χ0) is 31.6. The van der Waals surface area contributed by atoms with Crippen LogP contribution in [0.3, 0.4) is 0 Å². The molecule has 3 atom stereocenters. The molecule has 5 rings (SSSR count). The Bertz CT molecular complexity index is 1590. The van der Waals surface area contributed by atoms with Gasteiger partial charge in [0.05, 0.1) is 11.1 Å². The Kier molecular flexibility index (Phi) is 9.47. The number of piperidine rings is 2. The summed E-state index contributed by atoms with van der Waals surface area (Å²) in [6.45, 7) is 7.62. The summed E-state index contributed by atoms with van der Waals surface area (Å²) in [4.78, 5) is 26.7. The van der Waals surface area contributed by atoms with Crippen LogP contribution < -0.4 is 16.0 Å². The zero-order valence-electron chi connectivity index (χ0n) is 25.1. The van der Waals surface area contributed by atoms with E-state index in [-0.39, 0.29) is 57.8 Å². The Morgan fingerprint density at radius 1 is 1.05 bits per heavy atom. The van der Waals surface area contributed by atoms with E-state index in [1.807, 2.05) is 13.8 Å². The predicted molar refractivity (Wildman–Crippen MR) is 165 cm³/mol. The highest BCUT2D eigenvalue weighted by Gasteiger charge is 2.39. The Morgan fingerprint density at radius 3 is 2.45 bits per heavy atom. The highest BCUT2D eigenvalue weighted by Crippen LogP contribution is 2.44. The molecule has 235 valence electrons. The molecule has 5 N–H and O–H groups in total. The molecule has 13 heteroatoms. The molecule has 2 saturated heterocycles. The van der Waals surface area contributed by atoms with E-state index in [0.29, 0.717) is 36.9 Å². The van der Waals surface area contributed by atoms with Gasteiger partial charge in [0.1, 0.15) is 28.7 Å². The van der Waals surface area contributed by atoms with Crippen molar-refractivity contribution < 1.29 is 28.2 Å². The number of Topliss-reactive ketones (excluding diaryl/α,β-unsaturated/α-hetero) is 1. The molecule has 2 aromatic rings. The van der Waals surface area contributed by atoms with Crippen molar-refractivity contribution in [2.45, 2.75) is 68.7 Å². The zero-order valence-corrected chi connectivity index (χ0v) is 25.9. The maximum Gasteiger partial charge on any atom is 0.251 e. The van der Waals surface area contributed by atoms with Crippen LogP contribution in [0.1, 0.15) is 79.9 Å². The topological polar surface area (TPSA) is 182 Å². The number of hydrogen-bond donors (Lipinski definition) is 5. The molecule has 3 heterocycles. The number of hydrogen-bond acceptors (Lipinski definition) is 11. The van der Waals surface area contributed by atoms with E-state index in [4.69, 9.17) is 0 Å². The number of phenols is 2. The van der Waals surface area contributed by atoms with Gasteiger partial charge < -0.3 is 26.2 Å². The summed E-state index contributed by atoms with van der Waals surface area (Å²) in [6.07, 6.45) is 3.42. The molecular formula is C31H39N6O6S. The quantitative estimate of drug-likeness (QED) is 0.280. The minimum absolute atomic E-state index is 0.0355. The largest absolute Gasteiger partial charge is 0.508 e. The summed E-state index contributed by atoms with van der Waals surface area (Å²) in [5, 5.41) is 41.3. The van der Waals surface area contributed by atoms with Crippen LogP contribution in [0.25, 0.3) is 11.1 Å². The lowest BCUT2D eigenvalue weighted by molar-refractivity contribution is -0.122. The fourth-order valence-electron chi connectivity index (χ4n) is 6.17. The molecule has 44 heavy (non-hydrogen) atoms. The van der Waals surface area contributed by atoms with Gasteiger partial charge in [-0.25, -0.2) is 8.42 Å². The van der Waals surface area contributed by atoms with E-state index >= 15 is 0 Å². The van der Waals surface area contributed by atoms with E-state index < -0.39 is 33.1 Å². The van der Waals surface area contributed by atoms with E-state index in [0.717, 1.165) is 19.0 Å². The molecule has 3 aliphatic heterocycles. The molecule has 0 bridgehead atoms. The third-order valence-electron chi connectivity index (χ3n) is 8.52. The molecule has 2 fully saturated rings. The average Bonchev–Trinajstić information content (AvgIpc) is 3.55. The van der Waals surface area contributed by atoms with Crippen molar-refractivity contribution in [1.82, 2.24) is 16.0 Å². The molecule has 3 aliphatic rings. The van der Waals surface area contributed by atoms with Crippen LogP contribution in [0.15, 0.2) is 44.6 Å². The SMILES string of the molecule is CCNC(=O)c1cc(S(=O)(=O)C2CC(C(=O)[C]3CCNCC3)CCN2)cc(-c2cc(C(C)C)c(O)cc2O)c1C1C=NN=N1. The number of nitrogens with zero attached hydrogens (tertiary/aromatic N) is 3. The molecule has 0 saturated carbocycles. The number of sulfone groups is 1. The highest BCUT2D eigenvalue weighted by atomic mass is 32.2. The molecule has 1 amide bonds. The van der Waals surface area contributed by atoms with Gasteiger partial charge in [-0.1, -0.05) is 13.8 Å². The lowest BCUT2D eigenvalue weighted by atomic mass is 9.82. The number of phenolic OH excluding ortho intramolecular Hbond substituents is 2. The van der Waals surface area contributed by atoms with E-state index in [1.54, 1.807) is 13.0 Å². The first-order valence-corrected chi connectivity index (χ1v) is 16.6. The van der Waals surface area contributed by atoms with Crippen LogP contribution in [-0.4, -0.2) is 68.1 Å². The second-order valence-electron chi connectivity index (χ2n) is 11.7. The number of nitrogens with one attached hydrogen (secondary N) is 3. The number of amides is 1. The van der Waals surface area contributed by atoms with Crippen molar-refractivity contribution >= 4 is 27.7 Å². The third-order valence-corrected chi connectivity index (χ3v) is 10.5. The Hall–Kier alpha value is -3.68. The number of aromatic hydroxyl groups is 2. The first-order valence-electron chi connectivity index (χ1n) is 15.1. The maximum atomic E-state index is 14.3. The molecular weight excluding hydrogens is 584 g/mol. The number of benzene rings is 2. The second-order valence-corrected chi connectivity index (χ2v) is 13.8. The van der Waals surface area contributed by atoms with Gasteiger partial charge in [-0.2, -0.15) is 5.11 Å². The third kappa shape index (κ3) is 6.26. The molecule has 12 nitrogen and oxygen atoms in total.